The molecule has 0 aromatic heterocycles. The van der Waals surface area contributed by atoms with Gasteiger partial charge in [-0.05, 0) is 12.0 Å². The van der Waals surface area contributed by atoms with Gasteiger partial charge in [-0.25, -0.2) is 0 Å². The molecule has 0 heterocycles. The SMILES string of the molecule is CCC[C@H](OCc1ccccc1)[C@H](O)CO. The van der Waals surface area contributed by atoms with Gasteiger partial charge in [0.05, 0.1) is 19.3 Å². The molecule has 1 aromatic rings. The second kappa shape index (κ2) is 7.39. The Morgan fingerprint density at radius 3 is 2.50 bits per heavy atom. The van der Waals surface area contributed by atoms with Crippen molar-refractivity contribution in [2.75, 3.05) is 6.61 Å². The average Bonchev–Trinajstić information content (AvgIpc) is 2.34. The van der Waals surface area contributed by atoms with Crippen LogP contribution in [-0.4, -0.2) is 29.0 Å². The molecule has 16 heavy (non-hydrogen) atoms. The first-order valence-corrected chi connectivity index (χ1v) is 5.72. The number of rotatable bonds is 7. The van der Waals surface area contributed by atoms with Crippen molar-refractivity contribution in [3.8, 4) is 0 Å². The van der Waals surface area contributed by atoms with Crippen molar-refractivity contribution in [3.05, 3.63) is 35.9 Å². The molecule has 0 unspecified atom stereocenters. The van der Waals surface area contributed by atoms with E-state index in [9.17, 15) is 5.11 Å². The zero-order valence-corrected chi connectivity index (χ0v) is 9.67. The quantitative estimate of drug-likeness (QED) is 0.741. The number of ether oxygens (including phenoxy) is 1. The summed E-state index contributed by atoms with van der Waals surface area (Å²) in [6, 6.07) is 9.82. The van der Waals surface area contributed by atoms with Gasteiger partial charge in [0.25, 0.3) is 0 Å². The molecule has 0 fully saturated rings. The van der Waals surface area contributed by atoms with Crippen molar-refractivity contribution in [1.29, 1.82) is 0 Å². The zero-order valence-electron chi connectivity index (χ0n) is 9.67. The Balaban J connectivity index is 2.43. The van der Waals surface area contributed by atoms with E-state index in [0.29, 0.717) is 6.61 Å². The standard InChI is InChI=1S/C13H20O3/c1-2-6-13(12(15)9-14)16-10-11-7-4-3-5-8-11/h3-5,7-8,12-15H,2,6,9-10H2,1H3/t12-,13+/m1/s1. The lowest BCUT2D eigenvalue weighted by Gasteiger charge is -2.21. The van der Waals surface area contributed by atoms with Gasteiger partial charge in [-0.3, -0.25) is 0 Å². The fourth-order valence-electron chi connectivity index (χ4n) is 1.57. The molecule has 1 aromatic carbocycles. The summed E-state index contributed by atoms with van der Waals surface area (Å²) in [5, 5.41) is 18.5. The van der Waals surface area contributed by atoms with E-state index in [0.717, 1.165) is 18.4 Å². The van der Waals surface area contributed by atoms with Gasteiger partial charge in [0, 0.05) is 0 Å². The van der Waals surface area contributed by atoms with Crippen LogP contribution in [0.2, 0.25) is 0 Å². The highest BCUT2D eigenvalue weighted by molar-refractivity contribution is 5.13. The molecule has 0 aliphatic rings. The lowest BCUT2D eigenvalue weighted by Crippen LogP contribution is -2.31. The highest BCUT2D eigenvalue weighted by atomic mass is 16.5. The third kappa shape index (κ3) is 4.31. The third-order valence-corrected chi connectivity index (χ3v) is 2.50. The van der Waals surface area contributed by atoms with Crippen molar-refractivity contribution in [2.45, 2.75) is 38.6 Å². The number of hydrogen-bond acceptors (Lipinski definition) is 3. The summed E-state index contributed by atoms with van der Waals surface area (Å²) in [5.41, 5.74) is 1.08. The number of hydrogen-bond donors (Lipinski definition) is 2. The monoisotopic (exact) mass is 224 g/mol. The van der Waals surface area contributed by atoms with Crippen LogP contribution in [0.15, 0.2) is 30.3 Å². The van der Waals surface area contributed by atoms with E-state index in [4.69, 9.17) is 9.84 Å². The maximum Gasteiger partial charge on any atom is 0.103 e. The molecule has 0 spiro atoms. The van der Waals surface area contributed by atoms with E-state index in [1.807, 2.05) is 37.3 Å². The van der Waals surface area contributed by atoms with Crippen LogP contribution in [0.4, 0.5) is 0 Å². The maximum absolute atomic E-state index is 9.55. The maximum atomic E-state index is 9.55. The lowest BCUT2D eigenvalue weighted by atomic mass is 10.1. The van der Waals surface area contributed by atoms with Gasteiger partial charge in [-0.15, -0.1) is 0 Å². The molecule has 0 aliphatic carbocycles. The van der Waals surface area contributed by atoms with Crippen molar-refractivity contribution in [1.82, 2.24) is 0 Å². The second-order valence-corrected chi connectivity index (χ2v) is 3.87. The van der Waals surface area contributed by atoms with Gasteiger partial charge in [0.2, 0.25) is 0 Å². The van der Waals surface area contributed by atoms with Crippen molar-refractivity contribution in [2.24, 2.45) is 0 Å². The van der Waals surface area contributed by atoms with Crippen LogP contribution >= 0.6 is 0 Å². The first-order valence-electron chi connectivity index (χ1n) is 5.72. The Bertz CT molecular complexity index is 274. The van der Waals surface area contributed by atoms with Crippen LogP contribution in [0, 0.1) is 0 Å². The molecule has 3 heteroatoms. The highest BCUT2D eigenvalue weighted by Crippen LogP contribution is 2.11. The Morgan fingerprint density at radius 1 is 1.25 bits per heavy atom. The predicted octanol–water partition coefficient (Wildman–Crippen LogP) is 1.73. The van der Waals surface area contributed by atoms with Gasteiger partial charge in [0.15, 0.2) is 0 Å². The lowest BCUT2D eigenvalue weighted by molar-refractivity contribution is -0.0684. The van der Waals surface area contributed by atoms with Gasteiger partial charge in [-0.2, -0.15) is 0 Å². The first-order chi connectivity index (χ1) is 7.77. The Kier molecular flexibility index (Phi) is 6.08. The Hall–Kier alpha value is -0.900. The van der Waals surface area contributed by atoms with E-state index < -0.39 is 6.10 Å². The summed E-state index contributed by atoms with van der Waals surface area (Å²) < 4.78 is 5.61. The zero-order chi connectivity index (χ0) is 11.8. The topological polar surface area (TPSA) is 49.7 Å². The van der Waals surface area contributed by atoms with Crippen LogP contribution in [0.3, 0.4) is 0 Å². The summed E-state index contributed by atoms with van der Waals surface area (Å²) in [4.78, 5) is 0. The van der Waals surface area contributed by atoms with E-state index in [-0.39, 0.29) is 12.7 Å². The molecule has 3 nitrogen and oxygen atoms in total. The van der Waals surface area contributed by atoms with Crippen LogP contribution in [0.5, 0.6) is 0 Å². The Labute approximate surface area is 96.7 Å². The largest absolute Gasteiger partial charge is 0.394 e. The number of aliphatic hydroxyl groups is 2. The molecule has 0 saturated carbocycles. The van der Waals surface area contributed by atoms with E-state index in [1.165, 1.54) is 0 Å². The molecule has 0 amide bonds. The molecule has 0 bridgehead atoms. The molecule has 2 N–H and O–H groups in total. The van der Waals surface area contributed by atoms with Crippen molar-refractivity contribution < 1.29 is 14.9 Å². The van der Waals surface area contributed by atoms with Crippen LogP contribution in [-0.2, 0) is 11.3 Å². The Morgan fingerprint density at radius 2 is 1.94 bits per heavy atom. The minimum absolute atomic E-state index is 0.251. The second-order valence-electron chi connectivity index (χ2n) is 3.87. The van der Waals surface area contributed by atoms with E-state index in [2.05, 4.69) is 0 Å². The summed E-state index contributed by atoms with van der Waals surface area (Å²) in [6.07, 6.45) is 0.615. The average molecular weight is 224 g/mol. The summed E-state index contributed by atoms with van der Waals surface area (Å²) in [7, 11) is 0. The van der Waals surface area contributed by atoms with E-state index in [1.54, 1.807) is 0 Å². The van der Waals surface area contributed by atoms with Gasteiger partial charge >= 0.3 is 0 Å². The van der Waals surface area contributed by atoms with Crippen LogP contribution < -0.4 is 0 Å². The number of benzene rings is 1. The van der Waals surface area contributed by atoms with Crippen LogP contribution in [0.25, 0.3) is 0 Å². The molecule has 1 rings (SSSR count). The van der Waals surface area contributed by atoms with Crippen LogP contribution in [0.1, 0.15) is 25.3 Å². The van der Waals surface area contributed by atoms with Gasteiger partial charge in [0.1, 0.15) is 6.10 Å². The van der Waals surface area contributed by atoms with E-state index >= 15 is 0 Å². The molecule has 2 atom stereocenters. The van der Waals surface area contributed by atoms with Crippen molar-refractivity contribution in [3.63, 3.8) is 0 Å². The minimum atomic E-state index is -0.788. The first kappa shape index (κ1) is 13.2. The molecular formula is C13H20O3. The highest BCUT2D eigenvalue weighted by Gasteiger charge is 2.17. The predicted molar refractivity (Wildman–Crippen MR) is 63.0 cm³/mol. The normalized spacial score (nSPS) is 14.7. The minimum Gasteiger partial charge on any atom is -0.394 e. The molecule has 0 saturated heterocycles. The summed E-state index contributed by atoms with van der Waals surface area (Å²) in [5.74, 6) is 0. The van der Waals surface area contributed by atoms with Gasteiger partial charge < -0.3 is 14.9 Å². The molecular weight excluding hydrogens is 204 g/mol. The summed E-state index contributed by atoms with van der Waals surface area (Å²) >= 11 is 0. The summed E-state index contributed by atoms with van der Waals surface area (Å²) in [6.45, 7) is 2.25. The smallest absolute Gasteiger partial charge is 0.103 e. The van der Waals surface area contributed by atoms with Crippen molar-refractivity contribution >= 4 is 0 Å². The third-order valence-electron chi connectivity index (χ3n) is 2.50. The van der Waals surface area contributed by atoms with Gasteiger partial charge in [-0.1, -0.05) is 43.7 Å². The molecule has 0 radical (unpaired) electrons. The number of aliphatic hydroxyl groups excluding tert-OH is 2. The molecule has 0 aliphatic heterocycles. The fraction of sp³-hybridized carbons (Fsp3) is 0.538. The fourth-order valence-corrected chi connectivity index (χ4v) is 1.57. The molecule has 90 valence electrons.